The number of anilines is 3. The van der Waals surface area contributed by atoms with Crippen LogP contribution in [0.1, 0.15) is 0 Å². The Balaban J connectivity index is 1.26. The Hall–Kier alpha value is -5.66. The van der Waals surface area contributed by atoms with Gasteiger partial charge in [-0.05, 0) is 97.0 Å². The predicted molar refractivity (Wildman–Crippen MR) is 185 cm³/mol. The van der Waals surface area contributed by atoms with Gasteiger partial charge >= 0.3 is 0 Å². The highest BCUT2D eigenvalue weighted by Gasteiger charge is 2.15. The van der Waals surface area contributed by atoms with Crippen LogP contribution in [-0.2, 0) is 0 Å². The van der Waals surface area contributed by atoms with E-state index in [1.165, 1.54) is 54.6 Å². The summed E-state index contributed by atoms with van der Waals surface area (Å²) in [5.74, 6) is 0. The molecular formula is C42H29N. The lowest BCUT2D eigenvalue weighted by atomic mass is 9.90. The van der Waals surface area contributed by atoms with Gasteiger partial charge in [-0.1, -0.05) is 133 Å². The summed E-state index contributed by atoms with van der Waals surface area (Å²) < 4.78 is 0. The lowest BCUT2D eigenvalue weighted by Gasteiger charge is -2.26. The zero-order chi connectivity index (χ0) is 28.6. The van der Waals surface area contributed by atoms with Crippen molar-refractivity contribution in [3.05, 3.63) is 176 Å². The molecule has 0 spiro atoms. The van der Waals surface area contributed by atoms with Gasteiger partial charge in [-0.15, -0.1) is 0 Å². The van der Waals surface area contributed by atoms with Gasteiger partial charge in [0.1, 0.15) is 0 Å². The molecule has 1 heteroatoms. The Kier molecular flexibility index (Phi) is 6.20. The van der Waals surface area contributed by atoms with E-state index in [-0.39, 0.29) is 0 Å². The first kappa shape index (κ1) is 25.1. The van der Waals surface area contributed by atoms with Crippen molar-refractivity contribution in [2.24, 2.45) is 0 Å². The fourth-order valence-electron chi connectivity index (χ4n) is 6.36. The van der Waals surface area contributed by atoms with E-state index in [1.807, 2.05) is 0 Å². The highest BCUT2D eigenvalue weighted by atomic mass is 15.1. The first-order valence-electron chi connectivity index (χ1n) is 14.8. The summed E-state index contributed by atoms with van der Waals surface area (Å²) in [5, 5.41) is 7.69. The topological polar surface area (TPSA) is 3.24 Å². The molecule has 0 amide bonds. The summed E-state index contributed by atoms with van der Waals surface area (Å²) in [6, 6.07) is 63.4. The fraction of sp³-hybridized carbons (Fsp3) is 0. The molecule has 0 aliphatic heterocycles. The Bertz CT molecular complexity index is 2200. The minimum absolute atomic E-state index is 1.12. The largest absolute Gasteiger partial charge is 0.311 e. The molecule has 0 aliphatic rings. The van der Waals surface area contributed by atoms with Crippen LogP contribution in [0.25, 0.3) is 54.6 Å². The van der Waals surface area contributed by atoms with Crippen LogP contribution >= 0.6 is 0 Å². The lowest BCUT2D eigenvalue weighted by molar-refractivity contribution is 1.28. The Morgan fingerprint density at radius 2 is 0.814 bits per heavy atom. The van der Waals surface area contributed by atoms with Crippen molar-refractivity contribution in [2.75, 3.05) is 4.90 Å². The minimum Gasteiger partial charge on any atom is -0.311 e. The molecule has 8 aromatic rings. The molecule has 0 unspecified atom stereocenters. The SMILES string of the molecule is c1ccc(-c2ccc(N(c3ccccc3)c3ccc(-c4cc5ccccc5c5ccc6ccccc6c45)cc3)cc2)cc1. The number of hydrogen-bond donors (Lipinski definition) is 0. The molecule has 0 heterocycles. The zero-order valence-electron chi connectivity index (χ0n) is 23.7. The predicted octanol–water partition coefficient (Wildman–Crippen LogP) is 11.9. The van der Waals surface area contributed by atoms with E-state index in [1.54, 1.807) is 0 Å². The van der Waals surface area contributed by atoms with Gasteiger partial charge < -0.3 is 4.90 Å². The quantitative estimate of drug-likeness (QED) is 0.194. The normalized spacial score (nSPS) is 11.3. The van der Waals surface area contributed by atoms with Crippen molar-refractivity contribution in [1.29, 1.82) is 0 Å². The molecule has 0 atom stereocenters. The molecule has 0 aliphatic carbocycles. The third-order valence-corrected chi connectivity index (χ3v) is 8.43. The number of hydrogen-bond acceptors (Lipinski definition) is 1. The molecule has 1 nitrogen and oxygen atoms in total. The van der Waals surface area contributed by atoms with E-state index in [0.29, 0.717) is 0 Å². The van der Waals surface area contributed by atoms with Gasteiger partial charge in [-0.2, -0.15) is 0 Å². The lowest BCUT2D eigenvalue weighted by Crippen LogP contribution is -2.09. The molecular weight excluding hydrogens is 518 g/mol. The van der Waals surface area contributed by atoms with Crippen LogP contribution in [0.5, 0.6) is 0 Å². The Morgan fingerprint density at radius 1 is 0.302 bits per heavy atom. The van der Waals surface area contributed by atoms with Crippen LogP contribution in [0.4, 0.5) is 17.1 Å². The summed E-state index contributed by atoms with van der Waals surface area (Å²) in [4.78, 5) is 2.33. The number of rotatable bonds is 5. The summed E-state index contributed by atoms with van der Waals surface area (Å²) >= 11 is 0. The Morgan fingerprint density at radius 3 is 1.51 bits per heavy atom. The van der Waals surface area contributed by atoms with Gasteiger partial charge in [-0.25, -0.2) is 0 Å². The van der Waals surface area contributed by atoms with Crippen molar-refractivity contribution >= 4 is 49.4 Å². The second kappa shape index (κ2) is 10.6. The summed E-state index contributed by atoms with van der Waals surface area (Å²) in [5.41, 5.74) is 8.28. The molecule has 0 fully saturated rings. The first-order chi connectivity index (χ1) is 21.3. The van der Waals surface area contributed by atoms with E-state index < -0.39 is 0 Å². The van der Waals surface area contributed by atoms with Gasteiger partial charge in [0.2, 0.25) is 0 Å². The molecule has 202 valence electrons. The number of nitrogens with zero attached hydrogens (tertiary/aromatic N) is 1. The molecule has 43 heavy (non-hydrogen) atoms. The van der Waals surface area contributed by atoms with Crippen LogP contribution in [0.3, 0.4) is 0 Å². The summed E-state index contributed by atoms with van der Waals surface area (Å²) in [6.45, 7) is 0. The molecule has 0 radical (unpaired) electrons. The molecule has 0 N–H and O–H groups in total. The Labute approximate surface area is 251 Å². The zero-order valence-corrected chi connectivity index (χ0v) is 23.7. The standard InChI is InChI=1S/C42H29N/c1-3-11-30(12-4-1)31-19-24-36(25-20-31)43(35-15-5-2-6-16-35)37-26-21-33(22-27-37)41-29-34-14-8-9-17-38(34)40-28-23-32-13-7-10-18-39(32)42(40)41/h1-29H. The van der Waals surface area contributed by atoms with Crippen LogP contribution in [0.15, 0.2) is 176 Å². The maximum Gasteiger partial charge on any atom is 0.0462 e. The average molecular weight is 548 g/mol. The highest BCUT2D eigenvalue weighted by Crippen LogP contribution is 2.41. The fourth-order valence-corrected chi connectivity index (χ4v) is 6.36. The molecule has 0 aromatic heterocycles. The van der Waals surface area contributed by atoms with Crippen LogP contribution < -0.4 is 4.90 Å². The maximum atomic E-state index is 2.36. The van der Waals surface area contributed by atoms with E-state index in [0.717, 1.165) is 17.1 Å². The van der Waals surface area contributed by atoms with Crippen molar-refractivity contribution in [3.8, 4) is 22.3 Å². The summed E-state index contributed by atoms with van der Waals surface area (Å²) in [6.07, 6.45) is 0. The first-order valence-corrected chi connectivity index (χ1v) is 14.8. The van der Waals surface area contributed by atoms with Crippen LogP contribution in [0.2, 0.25) is 0 Å². The van der Waals surface area contributed by atoms with Gasteiger partial charge in [0.15, 0.2) is 0 Å². The third-order valence-electron chi connectivity index (χ3n) is 8.43. The van der Waals surface area contributed by atoms with Crippen LogP contribution in [0, 0.1) is 0 Å². The number of para-hydroxylation sites is 1. The van der Waals surface area contributed by atoms with Gasteiger partial charge in [0, 0.05) is 17.1 Å². The molecule has 8 aromatic carbocycles. The highest BCUT2D eigenvalue weighted by molar-refractivity contribution is 6.23. The molecule has 0 saturated carbocycles. The maximum absolute atomic E-state index is 2.36. The number of fused-ring (bicyclic) bond motifs is 5. The van der Waals surface area contributed by atoms with E-state index >= 15 is 0 Å². The van der Waals surface area contributed by atoms with Gasteiger partial charge in [0.25, 0.3) is 0 Å². The van der Waals surface area contributed by atoms with Crippen molar-refractivity contribution in [2.45, 2.75) is 0 Å². The van der Waals surface area contributed by atoms with Crippen molar-refractivity contribution < 1.29 is 0 Å². The second-order valence-electron chi connectivity index (χ2n) is 11.0. The minimum atomic E-state index is 1.12. The molecule has 0 saturated heterocycles. The average Bonchev–Trinajstić information content (AvgIpc) is 3.09. The monoisotopic (exact) mass is 547 g/mol. The smallest absolute Gasteiger partial charge is 0.0462 e. The van der Waals surface area contributed by atoms with E-state index in [2.05, 4.69) is 181 Å². The van der Waals surface area contributed by atoms with Crippen LogP contribution in [-0.4, -0.2) is 0 Å². The van der Waals surface area contributed by atoms with E-state index in [9.17, 15) is 0 Å². The summed E-state index contributed by atoms with van der Waals surface area (Å²) in [7, 11) is 0. The number of benzene rings is 8. The van der Waals surface area contributed by atoms with Crippen molar-refractivity contribution in [1.82, 2.24) is 0 Å². The molecule has 0 bridgehead atoms. The third kappa shape index (κ3) is 4.52. The van der Waals surface area contributed by atoms with Gasteiger partial charge in [-0.3, -0.25) is 0 Å². The van der Waals surface area contributed by atoms with E-state index in [4.69, 9.17) is 0 Å². The second-order valence-corrected chi connectivity index (χ2v) is 11.0. The van der Waals surface area contributed by atoms with Crippen molar-refractivity contribution in [3.63, 3.8) is 0 Å². The molecule has 8 rings (SSSR count). The van der Waals surface area contributed by atoms with Gasteiger partial charge in [0.05, 0.1) is 0 Å².